The first kappa shape index (κ1) is 14.7. The summed E-state index contributed by atoms with van der Waals surface area (Å²) >= 11 is 0. The van der Waals surface area contributed by atoms with Crippen LogP contribution in [0.4, 0.5) is 0 Å². The van der Waals surface area contributed by atoms with Crippen LogP contribution < -0.4 is 0 Å². The van der Waals surface area contributed by atoms with E-state index in [0.29, 0.717) is 12.1 Å². The van der Waals surface area contributed by atoms with Crippen molar-refractivity contribution in [2.75, 3.05) is 13.1 Å². The molecular weight excluding hydrogens is 226 g/mol. The number of Topliss-reactive ketones (excluding diaryl/α,β-unsaturated/α-hetero) is 1. The van der Waals surface area contributed by atoms with Crippen LogP contribution >= 0.6 is 0 Å². The summed E-state index contributed by atoms with van der Waals surface area (Å²) in [5.41, 5.74) is 1.50. The summed E-state index contributed by atoms with van der Waals surface area (Å²) < 4.78 is 0. The monoisotopic (exact) mass is 249 g/mol. The predicted octanol–water partition coefficient (Wildman–Crippen LogP) is 3.22. The highest BCUT2D eigenvalue weighted by Gasteiger charge is 2.10. The van der Waals surface area contributed by atoms with Gasteiger partial charge in [-0.25, -0.2) is 0 Å². The smallest absolute Gasteiger partial charge is 0.159 e. The van der Waals surface area contributed by atoms with E-state index in [1.807, 2.05) is 0 Å². The van der Waals surface area contributed by atoms with Gasteiger partial charge in [0.2, 0.25) is 0 Å². The Bertz CT molecular complexity index is 395. The summed E-state index contributed by atoms with van der Waals surface area (Å²) in [6.45, 7) is 8.57. The number of ketones is 1. The third-order valence-corrected chi connectivity index (χ3v) is 2.96. The fraction of sp³-hybridized carbons (Fsp3) is 0.533. The number of carbonyl (C=O) groups is 1. The summed E-state index contributed by atoms with van der Waals surface area (Å²) in [5.74, 6) is 0.311. The number of carbonyl (C=O) groups excluding carboxylic acids is 1. The van der Waals surface area contributed by atoms with Gasteiger partial charge in [0.15, 0.2) is 5.78 Å². The third-order valence-electron chi connectivity index (χ3n) is 2.96. The van der Waals surface area contributed by atoms with Crippen LogP contribution in [-0.2, 0) is 6.54 Å². The molecule has 0 bridgehead atoms. The second-order valence-electron chi connectivity index (χ2n) is 4.68. The zero-order valence-electron chi connectivity index (χ0n) is 11.6. The topological polar surface area (TPSA) is 40.5 Å². The van der Waals surface area contributed by atoms with Crippen LogP contribution in [0.3, 0.4) is 0 Å². The van der Waals surface area contributed by atoms with Gasteiger partial charge in [-0.2, -0.15) is 0 Å². The van der Waals surface area contributed by atoms with Crippen LogP contribution in [0.2, 0.25) is 0 Å². The minimum Gasteiger partial charge on any atom is -0.508 e. The standard InChI is InChI=1S/C15H23NO2/c1-4-8-16(9-5-2)11-14-10-13(12(3)17)6-7-15(14)18/h6-7,10,18H,4-5,8-9,11H2,1-3H3. The van der Waals surface area contributed by atoms with Crippen LogP contribution in [0, 0.1) is 0 Å². The second kappa shape index (κ2) is 7.17. The summed E-state index contributed by atoms with van der Waals surface area (Å²) in [4.78, 5) is 13.7. The van der Waals surface area contributed by atoms with Crippen LogP contribution in [0.15, 0.2) is 18.2 Å². The minimum atomic E-state index is 0.0359. The van der Waals surface area contributed by atoms with Gasteiger partial charge in [0, 0.05) is 17.7 Å². The van der Waals surface area contributed by atoms with Gasteiger partial charge in [-0.1, -0.05) is 13.8 Å². The van der Waals surface area contributed by atoms with Gasteiger partial charge in [0.05, 0.1) is 0 Å². The van der Waals surface area contributed by atoms with Gasteiger partial charge in [-0.15, -0.1) is 0 Å². The molecule has 3 heteroatoms. The number of phenols is 1. The largest absolute Gasteiger partial charge is 0.508 e. The van der Waals surface area contributed by atoms with Crippen LogP contribution in [-0.4, -0.2) is 28.9 Å². The average molecular weight is 249 g/mol. The lowest BCUT2D eigenvalue weighted by Crippen LogP contribution is -2.25. The number of benzene rings is 1. The quantitative estimate of drug-likeness (QED) is 0.754. The number of rotatable bonds is 7. The van der Waals surface area contributed by atoms with Crippen molar-refractivity contribution in [3.63, 3.8) is 0 Å². The second-order valence-corrected chi connectivity index (χ2v) is 4.68. The van der Waals surface area contributed by atoms with Crippen molar-refractivity contribution >= 4 is 5.78 Å². The van der Waals surface area contributed by atoms with Crippen molar-refractivity contribution in [1.82, 2.24) is 4.90 Å². The normalized spacial score (nSPS) is 10.9. The Morgan fingerprint density at radius 1 is 1.22 bits per heavy atom. The molecule has 0 aromatic heterocycles. The maximum Gasteiger partial charge on any atom is 0.159 e. The first-order valence-electron chi connectivity index (χ1n) is 6.63. The molecule has 18 heavy (non-hydrogen) atoms. The Morgan fingerprint density at radius 3 is 2.33 bits per heavy atom. The van der Waals surface area contributed by atoms with Crippen LogP contribution in [0.1, 0.15) is 49.5 Å². The third kappa shape index (κ3) is 4.15. The molecule has 0 saturated heterocycles. The zero-order chi connectivity index (χ0) is 13.5. The molecule has 0 aliphatic heterocycles. The van der Waals surface area contributed by atoms with E-state index in [2.05, 4.69) is 18.7 Å². The summed E-state index contributed by atoms with van der Waals surface area (Å²) in [6, 6.07) is 5.09. The molecule has 0 spiro atoms. The molecular formula is C15H23NO2. The molecule has 1 aromatic rings. The Hall–Kier alpha value is -1.35. The lowest BCUT2D eigenvalue weighted by Gasteiger charge is -2.21. The van der Waals surface area contributed by atoms with Gasteiger partial charge in [-0.3, -0.25) is 9.69 Å². The SMILES string of the molecule is CCCN(CCC)Cc1cc(C(C)=O)ccc1O. The molecule has 3 nitrogen and oxygen atoms in total. The first-order chi connectivity index (χ1) is 8.58. The van der Waals surface area contributed by atoms with E-state index >= 15 is 0 Å². The summed E-state index contributed by atoms with van der Waals surface area (Å²) in [7, 11) is 0. The fourth-order valence-electron chi connectivity index (χ4n) is 2.07. The maximum atomic E-state index is 11.4. The zero-order valence-corrected chi connectivity index (χ0v) is 11.6. The molecule has 0 radical (unpaired) electrons. The van der Waals surface area contributed by atoms with Gasteiger partial charge in [0.25, 0.3) is 0 Å². The first-order valence-corrected chi connectivity index (χ1v) is 6.63. The molecule has 0 aliphatic carbocycles. The van der Waals surface area contributed by atoms with Crippen molar-refractivity contribution in [3.05, 3.63) is 29.3 Å². The number of hydrogen-bond donors (Lipinski definition) is 1. The van der Waals surface area contributed by atoms with Crippen molar-refractivity contribution in [1.29, 1.82) is 0 Å². The average Bonchev–Trinajstić information content (AvgIpc) is 2.32. The van der Waals surface area contributed by atoms with E-state index < -0.39 is 0 Å². The molecule has 1 N–H and O–H groups in total. The fourth-order valence-corrected chi connectivity index (χ4v) is 2.07. The Balaban J connectivity index is 2.86. The molecule has 1 aromatic carbocycles. The van der Waals surface area contributed by atoms with Crippen LogP contribution in [0.25, 0.3) is 0 Å². The van der Waals surface area contributed by atoms with Crippen LogP contribution in [0.5, 0.6) is 5.75 Å². The van der Waals surface area contributed by atoms with Crippen molar-refractivity contribution < 1.29 is 9.90 Å². The van der Waals surface area contributed by atoms with Crippen molar-refractivity contribution in [2.24, 2.45) is 0 Å². The van der Waals surface area contributed by atoms with Crippen molar-refractivity contribution in [3.8, 4) is 5.75 Å². The van der Waals surface area contributed by atoms with E-state index in [-0.39, 0.29) is 11.5 Å². The molecule has 0 atom stereocenters. The Labute approximate surface area is 109 Å². The summed E-state index contributed by atoms with van der Waals surface area (Å²) in [5, 5.41) is 9.86. The van der Waals surface area contributed by atoms with E-state index in [1.54, 1.807) is 25.1 Å². The molecule has 0 fully saturated rings. The number of aromatic hydroxyl groups is 1. The highest BCUT2D eigenvalue weighted by Crippen LogP contribution is 2.21. The molecule has 0 unspecified atom stereocenters. The minimum absolute atomic E-state index is 0.0359. The highest BCUT2D eigenvalue weighted by atomic mass is 16.3. The van der Waals surface area contributed by atoms with E-state index in [1.165, 1.54) is 0 Å². The van der Waals surface area contributed by atoms with Gasteiger partial charge >= 0.3 is 0 Å². The molecule has 0 amide bonds. The number of hydrogen-bond acceptors (Lipinski definition) is 3. The van der Waals surface area contributed by atoms with E-state index in [9.17, 15) is 9.90 Å². The molecule has 0 aliphatic rings. The van der Waals surface area contributed by atoms with Gasteiger partial charge < -0.3 is 5.11 Å². The molecule has 1 rings (SSSR count). The molecule has 0 heterocycles. The molecule has 0 saturated carbocycles. The maximum absolute atomic E-state index is 11.4. The van der Waals surface area contributed by atoms with Gasteiger partial charge in [0.1, 0.15) is 5.75 Å². The lowest BCUT2D eigenvalue weighted by atomic mass is 10.1. The molecule has 100 valence electrons. The van der Waals surface area contributed by atoms with Crippen molar-refractivity contribution in [2.45, 2.75) is 40.2 Å². The summed E-state index contributed by atoms with van der Waals surface area (Å²) in [6.07, 6.45) is 2.18. The number of phenolic OH excluding ortho intramolecular Hbond substituents is 1. The lowest BCUT2D eigenvalue weighted by molar-refractivity contribution is 0.101. The van der Waals surface area contributed by atoms with Gasteiger partial charge in [-0.05, 0) is 51.1 Å². The van der Waals surface area contributed by atoms with E-state index in [0.717, 1.165) is 31.5 Å². The highest BCUT2D eigenvalue weighted by molar-refractivity contribution is 5.94. The Morgan fingerprint density at radius 2 is 1.83 bits per heavy atom. The number of nitrogens with zero attached hydrogens (tertiary/aromatic N) is 1. The Kier molecular flexibility index (Phi) is 5.86. The predicted molar refractivity (Wildman–Crippen MR) is 74.0 cm³/mol. The van der Waals surface area contributed by atoms with E-state index in [4.69, 9.17) is 0 Å².